The van der Waals surface area contributed by atoms with E-state index in [0.717, 1.165) is 11.1 Å². The highest BCUT2D eigenvalue weighted by atomic mass is 35.5. The number of pyridine rings is 1. The van der Waals surface area contributed by atoms with E-state index >= 15 is 0 Å². The van der Waals surface area contributed by atoms with Crippen molar-refractivity contribution in [3.63, 3.8) is 0 Å². The zero-order valence-electron chi connectivity index (χ0n) is 15.7. The number of hydrogen-bond acceptors (Lipinski definition) is 5. The number of carbonyl (C=O) groups is 1. The third-order valence-corrected chi connectivity index (χ3v) is 7.31. The van der Waals surface area contributed by atoms with Crippen LogP contribution in [0.25, 0.3) is 0 Å². The van der Waals surface area contributed by atoms with E-state index in [1.54, 1.807) is 25.3 Å². The highest BCUT2D eigenvalue weighted by molar-refractivity contribution is 7.89. The van der Waals surface area contributed by atoms with Gasteiger partial charge in [0.15, 0.2) is 0 Å². The number of rotatable bonds is 6. The molecular weight excluding hydrogens is 400 g/mol. The number of ether oxygens (including phenoxy) is 1. The number of piperidine rings is 1. The minimum absolute atomic E-state index is 0.0549. The number of halogens is 1. The second-order valence-electron chi connectivity index (χ2n) is 6.81. The number of carbonyl (C=O) groups excluding carboxylic acids is 1. The summed E-state index contributed by atoms with van der Waals surface area (Å²) in [5.41, 5.74) is 0.732. The molecule has 0 unspecified atom stereocenters. The monoisotopic (exact) mass is 422 g/mol. The van der Waals surface area contributed by atoms with Crippen LogP contribution in [0.2, 0.25) is 5.15 Å². The van der Waals surface area contributed by atoms with Gasteiger partial charge in [-0.05, 0) is 31.4 Å². The highest BCUT2D eigenvalue weighted by Gasteiger charge is 2.45. The highest BCUT2D eigenvalue weighted by Crippen LogP contribution is 2.38. The molecule has 1 fully saturated rings. The molecule has 0 bridgehead atoms. The van der Waals surface area contributed by atoms with Gasteiger partial charge in [0.05, 0.1) is 11.2 Å². The second kappa shape index (κ2) is 8.59. The van der Waals surface area contributed by atoms with Gasteiger partial charge in [0.25, 0.3) is 0 Å². The van der Waals surface area contributed by atoms with Crippen molar-refractivity contribution in [1.29, 1.82) is 0 Å². The van der Waals surface area contributed by atoms with Gasteiger partial charge in [-0.1, -0.05) is 48.0 Å². The summed E-state index contributed by atoms with van der Waals surface area (Å²) in [5, 5.41) is 0.375. The van der Waals surface area contributed by atoms with Gasteiger partial charge in [0.2, 0.25) is 10.0 Å². The lowest BCUT2D eigenvalue weighted by Crippen LogP contribution is -2.49. The molecule has 0 aliphatic carbocycles. The molecule has 3 rings (SSSR count). The van der Waals surface area contributed by atoms with Crippen LogP contribution in [0, 0.1) is 0 Å². The van der Waals surface area contributed by atoms with Crippen LogP contribution < -0.4 is 0 Å². The summed E-state index contributed by atoms with van der Waals surface area (Å²) in [7, 11) is -3.28. The largest absolute Gasteiger partial charge is 0.460 e. The Hall–Kier alpha value is -1.96. The predicted octanol–water partition coefficient (Wildman–Crippen LogP) is 3.16. The smallest absolute Gasteiger partial charge is 0.316 e. The number of hydrogen-bond donors (Lipinski definition) is 0. The molecule has 2 heterocycles. The lowest BCUT2D eigenvalue weighted by Gasteiger charge is -2.39. The van der Waals surface area contributed by atoms with Crippen LogP contribution in [-0.2, 0) is 31.6 Å². The first-order valence-corrected chi connectivity index (χ1v) is 11.2. The van der Waals surface area contributed by atoms with Crippen molar-refractivity contribution in [1.82, 2.24) is 9.29 Å². The van der Waals surface area contributed by atoms with Crippen LogP contribution in [-0.4, -0.2) is 42.5 Å². The predicted molar refractivity (Wildman–Crippen MR) is 107 cm³/mol. The van der Waals surface area contributed by atoms with Gasteiger partial charge in [-0.15, -0.1) is 0 Å². The van der Waals surface area contributed by atoms with Crippen molar-refractivity contribution in [3.05, 3.63) is 64.9 Å². The number of benzene rings is 1. The SMILES string of the molecule is CCS(=O)(=O)N1CCC(C(=O)OCc2ccc(Cl)nc2)(c2ccccc2)CC1. The third kappa shape index (κ3) is 4.37. The second-order valence-corrected chi connectivity index (χ2v) is 9.46. The number of sulfonamides is 1. The van der Waals surface area contributed by atoms with Crippen LogP contribution in [0.5, 0.6) is 0 Å². The van der Waals surface area contributed by atoms with Crippen LogP contribution in [0.3, 0.4) is 0 Å². The topological polar surface area (TPSA) is 76.6 Å². The van der Waals surface area contributed by atoms with Crippen molar-refractivity contribution >= 4 is 27.6 Å². The summed E-state index contributed by atoms with van der Waals surface area (Å²) in [5.74, 6) is -0.290. The molecule has 0 radical (unpaired) electrons. The lowest BCUT2D eigenvalue weighted by atomic mass is 9.73. The molecule has 28 heavy (non-hydrogen) atoms. The lowest BCUT2D eigenvalue weighted by molar-refractivity contribution is -0.153. The first-order chi connectivity index (χ1) is 13.4. The fourth-order valence-corrected chi connectivity index (χ4v) is 4.69. The molecule has 1 aromatic heterocycles. The summed E-state index contributed by atoms with van der Waals surface area (Å²) in [6, 6.07) is 12.8. The zero-order valence-corrected chi connectivity index (χ0v) is 17.2. The maximum atomic E-state index is 13.2. The van der Waals surface area contributed by atoms with Gasteiger partial charge >= 0.3 is 5.97 Å². The Morgan fingerprint density at radius 1 is 1.18 bits per heavy atom. The Labute approximate surface area is 170 Å². The molecule has 1 aliphatic heterocycles. The van der Waals surface area contributed by atoms with Gasteiger partial charge in [0.1, 0.15) is 11.8 Å². The van der Waals surface area contributed by atoms with Crippen LogP contribution >= 0.6 is 11.6 Å². The Bertz CT molecular complexity index is 909. The zero-order chi connectivity index (χ0) is 20.2. The van der Waals surface area contributed by atoms with Crippen molar-refractivity contribution in [2.24, 2.45) is 0 Å². The molecular formula is C20H23ClN2O4S. The Balaban J connectivity index is 1.80. The van der Waals surface area contributed by atoms with Crippen molar-refractivity contribution in [2.75, 3.05) is 18.8 Å². The van der Waals surface area contributed by atoms with Gasteiger partial charge in [-0.2, -0.15) is 0 Å². The van der Waals surface area contributed by atoms with E-state index in [2.05, 4.69) is 4.98 Å². The van der Waals surface area contributed by atoms with E-state index in [-0.39, 0.29) is 18.3 Å². The van der Waals surface area contributed by atoms with Gasteiger partial charge in [-0.25, -0.2) is 17.7 Å². The number of aromatic nitrogens is 1. The van der Waals surface area contributed by atoms with Gasteiger partial charge in [-0.3, -0.25) is 4.79 Å². The molecule has 2 aromatic rings. The maximum absolute atomic E-state index is 13.2. The van der Waals surface area contributed by atoms with E-state index in [9.17, 15) is 13.2 Å². The Kier molecular flexibility index (Phi) is 6.37. The van der Waals surface area contributed by atoms with Crippen molar-refractivity contribution < 1.29 is 17.9 Å². The average molecular weight is 423 g/mol. The molecule has 0 spiro atoms. The summed E-state index contributed by atoms with van der Waals surface area (Å²) in [6.45, 7) is 2.31. The van der Waals surface area contributed by atoms with Crippen LogP contribution in [0.1, 0.15) is 30.9 Å². The Morgan fingerprint density at radius 3 is 2.43 bits per heavy atom. The molecule has 0 N–H and O–H groups in total. The molecule has 0 saturated carbocycles. The van der Waals surface area contributed by atoms with Crippen molar-refractivity contribution in [3.8, 4) is 0 Å². The van der Waals surface area contributed by atoms with E-state index in [1.807, 2.05) is 30.3 Å². The first-order valence-electron chi connectivity index (χ1n) is 9.18. The third-order valence-electron chi connectivity index (χ3n) is 5.21. The maximum Gasteiger partial charge on any atom is 0.316 e. The minimum Gasteiger partial charge on any atom is -0.460 e. The molecule has 0 amide bonds. The van der Waals surface area contributed by atoms with Crippen LogP contribution in [0.15, 0.2) is 48.7 Å². The fourth-order valence-electron chi connectivity index (χ4n) is 3.48. The Morgan fingerprint density at radius 2 is 1.86 bits per heavy atom. The molecule has 6 nitrogen and oxygen atoms in total. The summed E-state index contributed by atoms with van der Waals surface area (Å²) < 4.78 is 31.5. The van der Waals surface area contributed by atoms with E-state index in [1.165, 1.54) is 4.31 Å². The molecule has 1 aromatic carbocycles. The molecule has 1 aliphatic rings. The average Bonchev–Trinajstić information content (AvgIpc) is 2.73. The summed E-state index contributed by atoms with van der Waals surface area (Å²) in [4.78, 5) is 17.1. The van der Waals surface area contributed by atoms with Crippen molar-refractivity contribution in [2.45, 2.75) is 31.8 Å². The van der Waals surface area contributed by atoms with E-state index < -0.39 is 15.4 Å². The van der Waals surface area contributed by atoms with E-state index in [0.29, 0.717) is 31.1 Å². The standard InChI is InChI=1S/C20H23ClN2O4S/c1-2-28(25,26)23-12-10-20(11-13-23,17-6-4-3-5-7-17)19(24)27-15-16-8-9-18(21)22-14-16/h3-9,14H,2,10-13,15H2,1H3. The summed E-state index contributed by atoms with van der Waals surface area (Å²) >= 11 is 5.79. The quantitative estimate of drug-likeness (QED) is 0.528. The number of esters is 1. The van der Waals surface area contributed by atoms with Gasteiger partial charge < -0.3 is 4.74 Å². The molecule has 1 saturated heterocycles. The molecule has 8 heteroatoms. The number of nitrogens with zero attached hydrogens (tertiary/aromatic N) is 2. The van der Waals surface area contributed by atoms with E-state index in [4.69, 9.17) is 16.3 Å². The van der Waals surface area contributed by atoms with Crippen LogP contribution in [0.4, 0.5) is 0 Å². The minimum atomic E-state index is -3.28. The van der Waals surface area contributed by atoms with Gasteiger partial charge in [0, 0.05) is 24.8 Å². The molecule has 150 valence electrons. The molecule has 0 atom stereocenters. The normalized spacial score (nSPS) is 17.2. The fraction of sp³-hybridized carbons (Fsp3) is 0.400. The first kappa shape index (κ1) is 20.8. The summed E-state index contributed by atoms with van der Waals surface area (Å²) in [6.07, 6.45) is 2.34.